The fraction of sp³-hybridized carbons (Fsp3) is 0. The molecule has 5 aromatic carbocycles. The molecule has 23 heavy (non-hydrogen) atoms. The molecule has 0 nitrogen and oxygen atoms in total. The van der Waals surface area contributed by atoms with Crippen LogP contribution in [0.25, 0.3) is 54.2 Å². The van der Waals surface area contributed by atoms with E-state index < -0.39 is 0 Å². The van der Waals surface area contributed by atoms with Crippen LogP contribution in [0.5, 0.6) is 0 Å². The van der Waals surface area contributed by atoms with Crippen LogP contribution in [0.4, 0.5) is 0 Å². The largest absolute Gasteiger partial charge is 0.0616 e. The van der Waals surface area contributed by atoms with Crippen molar-refractivity contribution in [2.45, 2.75) is 0 Å². The van der Waals surface area contributed by atoms with Gasteiger partial charge in [-0.2, -0.15) is 0 Å². The summed E-state index contributed by atoms with van der Waals surface area (Å²) in [5.74, 6) is 0. The molecule has 0 aliphatic heterocycles. The summed E-state index contributed by atoms with van der Waals surface area (Å²) in [4.78, 5) is 0. The van der Waals surface area contributed by atoms with Gasteiger partial charge in [-0.1, -0.05) is 70.5 Å². The second-order valence-corrected chi connectivity index (χ2v) is 7.18. The van der Waals surface area contributed by atoms with Crippen LogP contribution in [0.1, 0.15) is 0 Å². The predicted octanol–water partition coefficient (Wildman–Crippen LogP) is 7.04. The normalized spacial score (nSPS) is 12.6. The van der Waals surface area contributed by atoms with Crippen LogP contribution in [-0.4, -0.2) is 0 Å². The summed E-state index contributed by atoms with van der Waals surface area (Å²) in [6.07, 6.45) is 0. The van der Waals surface area contributed by atoms with E-state index in [2.05, 4.69) is 82.7 Å². The minimum Gasteiger partial charge on any atom is -0.0616 e. The van der Waals surface area contributed by atoms with E-state index in [1.54, 1.807) is 0 Å². The van der Waals surface area contributed by atoms with E-state index in [-0.39, 0.29) is 0 Å². The molecule has 0 aromatic heterocycles. The van der Waals surface area contributed by atoms with Gasteiger partial charge in [-0.3, -0.25) is 0 Å². The van der Waals surface area contributed by atoms with Crippen molar-refractivity contribution in [3.63, 3.8) is 0 Å². The maximum absolute atomic E-state index is 3.80. The highest BCUT2D eigenvalue weighted by Crippen LogP contribution is 2.51. The van der Waals surface area contributed by atoms with Crippen LogP contribution in [-0.2, 0) is 0 Å². The lowest BCUT2D eigenvalue weighted by Crippen LogP contribution is -1.82. The summed E-state index contributed by atoms with van der Waals surface area (Å²) < 4.78 is 1.18. The first-order valence-electron chi connectivity index (χ1n) is 7.83. The molecule has 0 N–H and O–H groups in total. The Bertz CT molecular complexity index is 1310. The van der Waals surface area contributed by atoms with Gasteiger partial charge in [0.25, 0.3) is 0 Å². The molecule has 0 heterocycles. The number of halogens is 1. The van der Waals surface area contributed by atoms with Crippen molar-refractivity contribution in [1.29, 1.82) is 0 Å². The first-order valence-corrected chi connectivity index (χ1v) is 8.62. The van der Waals surface area contributed by atoms with E-state index in [1.807, 2.05) is 0 Å². The average Bonchev–Trinajstić information content (AvgIpc) is 2.94. The Labute approximate surface area is 141 Å². The fourth-order valence-electron chi connectivity index (χ4n) is 4.28. The molecule has 106 valence electrons. The van der Waals surface area contributed by atoms with Crippen LogP contribution in [0, 0.1) is 0 Å². The van der Waals surface area contributed by atoms with Crippen molar-refractivity contribution in [2.75, 3.05) is 0 Å². The second kappa shape index (κ2) is 3.93. The Hall–Kier alpha value is -2.38. The van der Waals surface area contributed by atoms with Gasteiger partial charge in [-0.05, 0) is 66.3 Å². The van der Waals surface area contributed by atoms with Crippen molar-refractivity contribution in [3.8, 4) is 11.1 Å². The lowest BCUT2D eigenvalue weighted by molar-refractivity contribution is 1.77. The Morgan fingerprint density at radius 2 is 1.39 bits per heavy atom. The molecule has 0 saturated carbocycles. The third-order valence-corrected chi connectivity index (χ3v) is 5.84. The molecule has 1 heteroatoms. The standard InChI is InChI=1S/C22H11Br/c23-18-11-14-9-8-12-5-3-7-16-19(12)20(14)22-17(18)10-13-4-1-2-6-15(13)21(16)22/h1-11H. The van der Waals surface area contributed by atoms with E-state index in [0.717, 1.165) is 0 Å². The predicted molar refractivity (Wildman–Crippen MR) is 103 cm³/mol. The van der Waals surface area contributed by atoms with Gasteiger partial charge in [0.15, 0.2) is 0 Å². The maximum atomic E-state index is 3.80. The van der Waals surface area contributed by atoms with Crippen LogP contribution >= 0.6 is 15.9 Å². The minimum absolute atomic E-state index is 1.18. The SMILES string of the molecule is Brc1cc2ccc3cccc4c3c2c2c-4c3ccccc3cc12. The zero-order valence-electron chi connectivity index (χ0n) is 12.2. The maximum Gasteiger partial charge on any atom is 0.0260 e. The van der Waals surface area contributed by atoms with Crippen molar-refractivity contribution < 1.29 is 0 Å². The highest BCUT2D eigenvalue weighted by molar-refractivity contribution is 9.10. The van der Waals surface area contributed by atoms with Gasteiger partial charge >= 0.3 is 0 Å². The summed E-state index contributed by atoms with van der Waals surface area (Å²) in [6.45, 7) is 0. The molecule has 0 unspecified atom stereocenters. The topological polar surface area (TPSA) is 0 Å². The number of benzene rings is 5. The molecular weight excluding hydrogens is 344 g/mol. The van der Waals surface area contributed by atoms with Crippen molar-refractivity contribution >= 4 is 59.0 Å². The lowest BCUT2D eigenvalue weighted by Gasteiger charge is -2.10. The van der Waals surface area contributed by atoms with Gasteiger partial charge in [0.2, 0.25) is 0 Å². The third-order valence-electron chi connectivity index (χ3n) is 5.19. The Kier molecular flexibility index (Phi) is 2.06. The van der Waals surface area contributed by atoms with E-state index in [4.69, 9.17) is 0 Å². The summed E-state index contributed by atoms with van der Waals surface area (Å²) in [5.41, 5.74) is 2.78. The fourth-order valence-corrected chi connectivity index (χ4v) is 4.84. The molecular formula is C22H11Br. The quantitative estimate of drug-likeness (QED) is 0.202. The molecule has 1 aliphatic rings. The molecule has 0 bridgehead atoms. The van der Waals surface area contributed by atoms with Crippen molar-refractivity contribution in [2.24, 2.45) is 0 Å². The molecule has 5 aromatic rings. The van der Waals surface area contributed by atoms with Crippen LogP contribution < -0.4 is 0 Å². The van der Waals surface area contributed by atoms with Gasteiger partial charge < -0.3 is 0 Å². The lowest BCUT2D eigenvalue weighted by atomic mass is 9.95. The molecule has 0 radical (unpaired) electrons. The number of hydrogen-bond acceptors (Lipinski definition) is 0. The van der Waals surface area contributed by atoms with Crippen molar-refractivity contribution in [1.82, 2.24) is 0 Å². The first kappa shape index (κ1) is 12.1. The Balaban J connectivity index is 2.10. The van der Waals surface area contributed by atoms with E-state index >= 15 is 0 Å². The van der Waals surface area contributed by atoms with Gasteiger partial charge in [-0.25, -0.2) is 0 Å². The molecule has 1 aliphatic carbocycles. The highest BCUT2D eigenvalue weighted by Gasteiger charge is 2.23. The number of fused-ring (bicyclic) bond motifs is 3. The average molecular weight is 355 g/mol. The second-order valence-electron chi connectivity index (χ2n) is 6.32. The van der Waals surface area contributed by atoms with E-state index in [9.17, 15) is 0 Å². The molecule has 0 spiro atoms. The smallest absolute Gasteiger partial charge is 0.0260 e. The molecule has 6 rings (SSSR count). The minimum atomic E-state index is 1.18. The summed E-state index contributed by atoms with van der Waals surface area (Å²) in [5, 5.41) is 10.8. The Morgan fingerprint density at radius 1 is 0.565 bits per heavy atom. The molecule has 0 saturated heterocycles. The molecule has 0 atom stereocenters. The summed E-state index contributed by atoms with van der Waals surface area (Å²) >= 11 is 3.80. The van der Waals surface area contributed by atoms with Crippen LogP contribution in [0.2, 0.25) is 0 Å². The van der Waals surface area contributed by atoms with E-state index in [0.29, 0.717) is 0 Å². The van der Waals surface area contributed by atoms with Crippen LogP contribution in [0.15, 0.2) is 71.2 Å². The summed E-state index contributed by atoms with van der Waals surface area (Å²) in [6, 6.07) is 24.5. The number of rotatable bonds is 0. The zero-order chi connectivity index (χ0) is 15.1. The molecule has 0 amide bonds. The van der Waals surface area contributed by atoms with Crippen molar-refractivity contribution in [3.05, 3.63) is 71.2 Å². The first-order chi connectivity index (χ1) is 11.3. The van der Waals surface area contributed by atoms with Gasteiger partial charge in [0, 0.05) is 4.47 Å². The highest BCUT2D eigenvalue weighted by atomic mass is 79.9. The van der Waals surface area contributed by atoms with Crippen LogP contribution in [0.3, 0.4) is 0 Å². The third kappa shape index (κ3) is 1.33. The van der Waals surface area contributed by atoms with Gasteiger partial charge in [0.1, 0.15) is 0 Å². The monoisotopic (exact) mass is 354 g/mol. The molecule has 0 fully saturated rings. The zero-order valence-corrected chi connectivity index (χ0v) is 13.8. The van der Waals surface area contributed by atoms with E-state index in [1.165, 1.54) is 58.7 Å². The summed E-state index contributed by atoms with van der Waals surface area (Å²) in [7, 11) is 0. The van der Waals surface area contributed by atoms with Gasteiger partial charge in [-0.15, -0.1) is 0 Å². The number of hydrogen-bond donors (Lipinski definition) is 0. The van der Waals surface area contributed by atoms with Gasteiger partial charge in [0.05, 0.1) is 0 Å². The Morgan fingerprint density at radius 3 is 2.35 bits per heavy atom.